The van der Waals surface area contributed by atoms with Gasteiger partial charge in [0.2, 0.25) is 0 Å². The third kappa shape index (κ3) is 4.61. The molecule has 1 unspecified atom stereocenters. The summed E-state index contributed by atoms with van der Waals surface area (Å²) in [6, 6.07) is 13.4. The van der Waals surface area contributed by atoms with Gasteiger partial charge in [-0.2, -0.15) is 0 Å². The Morgan fingerprint density at radius 1 is 1.18 bits per heavy atom. The molecule has 0 aliphatic carbocycles. The summed E-state index contributed by atoms with van der Waals surface area (Å²) in [5, 5.41) is 22.9. The van der Waals surface area contributed by atoms with Crippen LogP contribution in [0.5, 0.6) is 5.75 Å². The number of carbonyl (C=O) groups is 2. The van der Waals surface area contributed by atoms with Crippen LogP contribution in [0.4, 0.5) is 10.8 Å². The van der Waals surface area contributed by atoms with Gasteiger partial charge in [0.05, 0.1) is 33.0 Å². The van der Waals surface area contributed by atoms with Crippen molar-refractivity contribution < 1.29 is 24.4 Å². The van der Waals surface area contributed by atoms with Crippen molar-refractivity contribution in [2.75, 3.05) is 11.5 Å². The Bertz CT molecular complexity index is 1650. The number of ketones is 1. The zero-order chi connectivity index (χ0) is 27.8. The zero-order valence-electron chi connectivity index (χ0n) is 21.3. The maximum absolute atomic E-state index is 13.5. The van der Waals surface area contributed by atoms with Gasteiger partial charge in [-0.05, 0) is 54.8 Å². The van der Waals surface area contributed by atoms with E-state index in [4.69, 9.17) is 4.74 Å². The van der Waals surface area contributed by atoms with E-state index in [0.29, 0.717) is 33.8 Å². The molecule has 2 aromatic carbocycles. The lowest BCUT2D eigenvalue weighted by atomic mass is 9.94. The largest absolute Gasteiger partial charge is 0.507 e. The molecule has 0 radical (unpaired) electrons. The Kier molecular flexibility index (Phi) is 6.83. The fraction of sp³-hybridized carbons (Fsp3) is 0.214. The number of aromatic nitrogens is 2. The van der Waals surface area contributed by atoms with Crippen LogP contribution in [0, 0.1) is 10.1 Å². The molecule has 1 atom stereocenters. The van der Waals surface area contributed by atoms with Crippen molar-refractivity contribution in [2.24, 2.45) is 0 Å². The monoisotopic (exact) mass is 544 g/mol. The molecule has 1 N–H and O–H groups in total. The fourth-order valence-electron chi connectivity index (χ4n) is 4.55. The zero-order valence-corrected chi connectivity index (χ0v) is 22.1. The number of aliphatic hydroxyl groups is 1. The lowest BCUT2D eigenvalue weighted by Crippen LogP contribution is -2.29. The first-order chi connectivity index (χ1) is 18.7. The first kappa shape index (κ1) is 26.0. The minimum Gasteiger partial charge on any atom is -0.507 e. The molecule has 39 heavy (non-hydrogen) atoms. The van der Waals surface area contributed by atoms with Crippen LogP contribution in [-0.4, -0.2) is 38.3 Å². The Morgan fingerprint density at radius 2 is 1.97 bits per heavy atom. The summed E-state index contributed by atoms with van der Waals surface area (Å²) < 4.78 is 6.21. The third-order valence-corrected chi connectivity index (χ3v) is 7.41. The quantitative estimate of drug-likeness (QED) is 0.102. The number of nitro benzene ring substituents is 1. The number of carbonyl (C=O) groups excluding carboxylic acids is 2. The van der Waals surface area contributed by atoms with Crippen molar-refractivity contribution in [3.63, 3.8) is 0 Å². The van der Waals surface area contributed by atoms with Gasteiger partial charge in [0.1, 0.15) is 17.6 Å². The summed E-state index contributed by atoms with van der Waals surface area (Å²) in [4.78, 5) is 47.7. The predicted molar refractivity (Wildman–Crippen MR) is 147 cm³/mol. The number of pyridine rings is 1. The molecule has 1 aliphatic heterocycles. The van der Waals surface area contributed by atoms with Crippen LogP contribution < -0.4 is 9.64 Å². The van der Waals surface area contributed by atoms with E-state index in [-0.39, 0.29) is 28.1 Å². The Balaban J connectivity index is 1.69. The molecule has 1 amide bonds. The number of aliphatic hydroxyl groups excluding tert-OH is 1. The molecular formula is C28H24N4O6S. The highest BCUT2D eigenvalue weighted by atomic mass is 32.1. The molecular weight excluding hydrogens is 520 g/mol. The van der Waals surface area contributed by atoms with Crippen molar-refractivity contribution in [3.8, 4) is 5.75 Å². The van der Waals surface area contributed by atoms with Gasteiger partial charge in [-0.15, -0.1) is 0 Å². The molecule has 1 fully saturated rings. The van der Waals surface area contributed by atoms with Gasteiger partial charge < -0.3 is 9.84 Å². The molecule has 5 rings (SSSR count). The number of anilines is 1. The number of non-ortho nitro benzene ring substituents is 1. The number of benzene rings is 2. The van der Waals surface area contributed by atoms with Crippen molar-refractivity contribution in [3.05, 3.63) is 93.3 Å². The van der Waals surface area contributed by atoms with E-state index in [2.05, 4.69) is 9.97 Å². The molecule has 0 spiro atoms. The summed E-state index contributed by atoms with van der Waals surface area (Å²) >= 11 is 1.04. The number of nitrogens with zero attached hydrogens (tertiary/aromatic N) is 4. The van der Waals surface area contributed by atoms with Crippen molar-refractivity contribution >= 4 is 49.8 Å². The molecule has 1 saturated heterocycles. The molecule has 3 heterocycles. The molecule has 2 aromatic heterocycles. The van der Waals surface area contributed by atoms with E-state index in [9.17, 15) is 24.8 Å². The van der Waals surface area contributed by atoms with Gasteiger partial charge in [0, 0.05) is 23.9 Å². The van der Waals surface area contributed by atoms with E-state index in [0.717, 1.165) is 16.9 Å². The lowest BCUT2D eigenvalue weighted by molar-refractivity contribution is -0.384. The van der Waals surface area contributed by atoms with Gasteiger partial charge in [-0.1, -0.05) is 31.3 Å². The fourth-order valence-corrected chi connectivity index (χ4v) is 5.58. The number of amides is 1. The van der Waals surface area contributed by atoms with Crippen molar-refractivity contribution in [2.45, 2.75) is 32.7 Å². The van der Waals surface area contributed by atoms with Gasteiger partial charge >= 0.3 is 5.91 Å². The van der Waals surface area contributed by atoms with Crippen molar-refractivity contribution in [1.29, 1.82) is 0 Å². The van der Waals surface area contributed by atoms with Crippen LogP contribution in [-0.2, 0) is 9.59 Å². The number of Topliss-reactive ketones (excluding diaryl/α,β-unsaturated/α-hetero) is 1. The molecule has 10 nitrogen and oxygen atoms in total. The van der Waals surface area contributed by atoms with Crippen LogP contribution in [0.2, 0.25) is 0 Å². The maximum Gasteiger partial charge on any atom is 0.301 e. The molecule has 0 saturated carbocycles. The van der Waals surface area contributed by atoms with E-state index >= 15 is 0 Å². The number of nitro groups is 1. The van der Waals surface area contributed by atoms with Crippen LogP contribution in [0.3, 0.4) is 0 Å². The normalized spacial score (nSPS) is 16.8. The molecule has 4 aromatic rings. The van der Waals surface area contributed by atoms with Crippen LogP contribution in [0.15, 0.2) is 66.4 Å². The summed E-state index contributed by atoms with van der Waals surface area (Å²) in [7, 11) is 0. The first-order valence-electron chi connectivity index (χ1n) is 12.2. The third-order valence-electron chi connectivity index (χ3n) is 6.40. The second-order valence-corrected chi connectivity index (χ2v) is 10.2. The maximum atomic E-state index is 13.5. The second-order valence-electron chi connectivity index (χ2n) is 9.17. The first-order valence-corrected chi connectivity index (χ1v) is 13.1. The lowest BCUT2D eigenvalue weighted by Gasteiger charge is -2.22. The highest BCUT2D eigenvalue weighted by molar-refractivity contribution is 7.22. The molecule has 198 valence electrons. The number of ether oxygens (including phenoxy) is 1. The number of fused-ring (bicyclic) bond motifs is 1. The van der Waals surface area contributed by atoms with E-state index < -0.39 is 22.7 Å². The molecule has 0 bridgehead atoms. The van der Waals surface area contributed by atoms with E-state index in [1.165, 1.54) is 29.3 Å². The smallest absolute Gasteiger partial charge is 0.301 e. The van der Waals surface area contributed by atoms with E-state index in [1.807, 2.05) is 20.8 Å². The van der Waals surface area contributed by atoms with Crippen LogP contribution in [0.1, 0.15) is 49.6 Å². The highest BCUT2D eigenvalue weighted by Crippen LogP contribution is 2.44. The van der Waals surface area contributed by atoms with Gasteiger partial charge in [0.25, 0.3) is 11.5 Å². The number of rotatable bonds is 7. The van der Waals surface area contributed by atoms with Gasteiger partial charge in [-0.25, -0.2) is 4.98 Å². The molecule has 1 aliphatic rings. The Morgan fingerprint density at radius 3 is 2.64 bits per heavy atom. The van der Waals surface area contributed by atoms with Crippen LogP contribution >= 0.6 is 11.3 Å². The second kappa shape index (κ2) is 10.3. The summed E-state index contributed by atoms with van der Waals surface area (Å²) in [6.45, 7) is 6.34. The Labute approximate surface area is 227 Å². The van der Waals surface area contributed by atoms with Gasteiger partial charge in [0.15, 0.2) is 5.13 Å². The SMILES string of the molecule is CCOc1ccc(/C(O)=C2\C(=O)C(=O)N(c3nc4ccc([N+](=O)[O-])cc4s3)C2c2ccccn2)cc1C(C)C. The topological polar surface area (TPSA) is 136 Å². The number of hydrogen-bond acceptors (Lipinski definition) is 9. The average molecular weight is 545 g/mol. The number of thiazole rings is 1. The summed E-state index contributed by atoms with van der Waals surface area (Å²) in [5.74, 6) is -1.35. The predicted octanol–water partition coefficient (Wildman–Crippen LogP) is 5.75. The van der Waals surface area contributed by atoms with E-state index in [1.54, 1.807) is 36.4 Å². The van der Waals surface area contributed by atoms with Gasteiger partial charge in [-0.3, -0.25) is 29.6 Å². The highest BCUT2D eigenvalue weighted by Gasteiger charge is 2.49. The molecule has 11 heteroatoms. The number of hydrogen-bond donors (Lipinski definition) is 1. The standard InChI is InChI=1S/C28H24N4O6S/c1-4-38-21-11-8-16(13-18(21)15(2)3)25(33)23-24(20-7-5-6-12-29-20)31(27(35)26(23)34)28-30-19-10-9-17(32(36)37)14-22(19)39-28/h5-15,24,33H,4H2,1-3H3/b25-23+. The average Bonchev–Trinajstić information content (AvgIpc) is 3.46. The summed E-state index contributed by atoms with van der Waals surface area (Å²) in [5.41, 5.74) is 1.77. The Hall–Kier alpha value is -4.64. The van der Waals surface area contributed by atoms with Crippen molar-refractivity contribution in [1.82, 2.24) is 9.97 Å². The summed E-state index contributed by atoms with van der Waals surface area (Å²) in [6.07, 6.45) is 1.53. The van der Waals surface area contributed by atoms with Crippen LogP contribution in [0.25, 0.3) is 16.0 Å². The minimum atomic E-state index is -1.06. The minimum absolute atomic E-state index is 0.0695.